The standard InChI is InChI=1S/C12H11N.C3H8.2C3H6/c1-8-6-13-7-9(2)11-5-3-4-10(8)12(11)13;3*1-3-2/h3-5H,1-2,6-7H2;3H2,1-2H3;2*3H,1H2,2H3. The third kappa shape index (κ3) is 5.07. The Kier molecular flexibility index (Phi) is 9.69. The predicted molar refractivity (Wildman–Crippen MR) is 104 cm³/mol. The van der Waals surface area contributed by atoms with Gasteiger partial charge in [-0.2, -0.15) is 0 Å². The lowest BCUT2D eigenvalue weighted by molar-refractivity contribution is 1.04. The van der Waals surface area contributed by atoms with Gasteiger partial charge in [-0.25, -0.2) is 0 Å². The maximum absolute atomic E-state index is 4.07. The van der Waals surface area contributed by atoms with Crippen molar-refractivity contribution in [3.63, 3.8) is 0 Å². The van der Waals surface area contributed by atoms with E-state index in [1.807, 2.05) is 13.8 Å². The normalized spacial score (nSPS) is 12.8. The Bertz CT molecular complexity index is 480. The van der Waals surface area contributed by atoms with Gasteiger partial charge in [0.15, 0.2) is 0 Å². The Balaban J connectivity index is 0.000000416. The summed E-state index contributed by atoms with van der Waals surface area (Å²) in [5.74, 6) is 0. The van der Waals surface area contributed by atoms with Crippen LogP contribution < -0.4 is 4.90 Å². The highest BCUT2D eigenvalue weighted by Gasteiger charge is 2.30. The van der Waals surface area contributed by atoms with Crippen LogP contribution in [0.3, 0.4) is 0 Å². The molecule has 2 aliphatic heterocycles. The number of allylic oxidation sites excluding steroid dienone is 2. The van der Waals surface area contributed by atoms with Crippen LogP contribution in [-0.2, 0) is 0 Å². The number of para-hydroxylation sites is 1. The van der Waals surface area contributed by atoms with Crippen LogP contribution in [0.25, 0.3) is 11.1 Å². The highest BCUT2D eigenvalue weighted by Crippen LogP contribution is 2.44. The van der Waals surface area contributed by atoms with Gasteiger partial charge in [0.2, 0.25) is 0 Å². The Morgan fingerprint density at radius 2 is 1.27 bits per heavy atom. The quantitative estimate of drug-likeness (QED) is 0.504. The van der Waals surface area contributed by atoms with E-state index in [0.717, 1.165) is 13.1 Å². The lowest BCUT2D eigenvalue weighted by Gasteiger charge is -2.09. The van der Waals surface area contributed by atoms with Gasteiger partial charge in [-0.3, -0.25) is 0 Å². The molecule has 1 aromatic carbocycles. The van der Waals surface area contributed by atoms with Gasteiger partial charge in [0.25, 0.3) is 0 Å². The molecule has 2 aliphatic rings. The molecule has 2 heterocycles. The van der Waals surface area contributed by atoms with Gasteiger partial charge in [-0.05, 0) is 25.0 Å². The number of nitrogens with zero attached hydrogens (tertiary/aromatic N) is 1. The fourth-order valence-electron chi connectivity index (χ4n) is 2.30. The number of hydrogen-bond donors (Lipinski definition) is 0. The van der Waals surface area contributed by atoms with Crippen LogP contribution in [0.2, 0.25) is 0 Å². The maximum atomic E-state index is 4.07. The summed E-state index contributed by atoms with van der Waals surface area (Å²) >= 11 is 0. The van der Waals surface area contributed by atoms with Crippen LogP contribution in [0.1, 0.15) is 45.2 Å². The van der Waals surface area contributed by atoms with Crippen molar-refractivity contribution in [3.8, 4) is 0 Å². The molecule has 0 N–H and O–H groups in total. The molecule has 0 saturated carbocycles. The van der Waals surface area contributed by atoms with Gasteiger partial charge < -0.3 is 4.90 Å². The molecule has 3 rings (SSSR count). The van der Waals surface area contributed by atoms with Crippen molar-refractivity contribution in [2.45, 2.75) is 34.1 Å². The summed E-state index contributed by atoms with van der Waals surface area (Å²) in [6.07, 6.45) is 4.75. The maximum Gasteiger partial charge on any atom is 0.0526 e. The van der Waals surface area contributed by atoms with Crippen LogP contribution in [-0.4, -0.2) is 13.1 Å². The minimum absolute atomic E-state index is 0.978. The first-order chi connectivity index (χ1) is 10.5. The van der Waals surface area contributed by atoms with E-state index in [9.17, 15) is 0 Å². The number of benzene rings is 1. The van der Waals surface area contributed by atoms with E-state index in [2.05, 4.69) is 63.3 Å². The average molecular weight is 297 g/mol. The van der Waals surface area contributed by atoms with Crippen molar-refractivity contribution in [2.75, 3.05) is 18.0 Å². The molecule has 1 heteroatoms. The zero-order valence-electron chi connectivity index (χ0n) is 14.8. The van der Waals surface area contributed by atoms with E-state index >= 15 is 0 Å². The van der Waals surface area contributed by atoms with Crippen molar-refractivity contribution in [3.05, 3.63) is 67.8 Å². The molecule has 1 nitrogen and oxygen atoms in total. The summed E-state index contributed by atoms with van der Waals surface area (Å²) in [7, 11) is 0. The minimum atomic E-state index is 0.978. The summed E-state index contributed by atoms with van der Waals surface area (Å²) in [6.45, 7) is 24.9. The highest BCUT2D eigenvalue weighted by atomic mass is 15.2. The molecule has 0 fully saturated rings. The third-order valence-corrected chi connectivity index (χ3v) is 2.88. The van der Waals surface area contributed by atoms with Crippen molar-refractivity contribution in [2.24, 2.45) is 0 Å². The summed E-state index contributed by atoms with van der Waals surface area (Å²) in [5.41, 5.74) is 6.47. The highest BCUT2D eigenvalue weighted by molar-refractivity contribution is 5.97. The van der Waals surface area contributed by atoms with E-state index in [4.69, 9.17) is 0 Å². The molecule has 0 aromatic heterocycles. The Morgan fingerprint density at radius 1 is 0.955 bits per heavy atom. The molecule has 0 spiro atoms. The molecule has 1 aromatic rings. The zero-order valence-corrected chi connectivity index (χ0v) is 14.8. The summed E-state index contributed by atoms with van der Waals surface area (Å²) < 4.78 is 0. The Morgan fingerprint density at radius 3 is 1.59 bits per heavy atom. The SMILES string of the molecule is C=C1CN2CC(=C)c3cccc1c32.C=CC.C=CC.CCC. The van der Waals surface area contributed by atoms with Gasteiger partial charge in [-0.15, -0.1) is 13.2 Å². The smallest absolute Gasteiger partial charge is 0.0526 e. The van der Waals surface area contributed by atoms with Gasteiger partial charge in [0.1, 0.15) is 0 Å². The van der Waals surface area contributed by atoms with Crippen LogP contribution >= 0.6 is 0 Å². The fraction of sp³-hybridized carbons (Fsp3) is 0.333. The van der Waals surface area contributed by atoms with Crippen LogP contribution in [0.4, 0.5) is 5.69 Å². The van der Waals surface area contributed by atoms with Crippen molar-refractivity contribution in [1.29, 1.82) is 0 Å². The number of hydrogen-bond acceptors (Lipinski definition) is 1. The number of rotatable bonds is 0. The Hall–Kier alpha value is -2.02. The molecule has 0 saturated heterocycles. The molecule has 0 unspecified atom stereocenters. The number of anilines is 1. The largest absolute Gasteiger partial charge is 0.362 e. The lowest BCUT2D eigenvalue weighted by Crippen LogP contribution is -2.16. The van der Waals surface area contributed by atoms with Crippen LogP contribution in [0, 0.1) is 0 Å². The van der Waals surface area contributed by atoms with Crippen LogP contribution in [0.15, 0.2) is 56.7 Å². The van der Waals surface area contributed by atoms with Crippen molar-refractivity contribution >= 4 is 16.8 Å². The summed E-state index contributed by atoms with van der Waals surface area (Å²) in [6, 6.07) is 6.40. The van der Waals surface area contributed by atoms with E-state index in [0.29, 0.717) is 0 Å². The van der Waals surface area contributed by atoms with Crippen molar-refractivity contribution in [1.82, 2.24) is 0 Å². The van der Waals surface area contributed by atoms with Gasteiger partial charge in [0.05, 0.1) is 5.69 Å². The minimum Gasteiger partial charge on any atom is -0.362 e. The second-order valence-corrected chi connectivity index (χ2v) is 5.29. The summed E-state index contributed by atoms with van der Waals surface area (Å²) in [5, 5.41) is 0. The molecule has 120 valence electrons. The first-order valence-corrected chi connectivity index (χ1v) is 7.90. The second kappa shape index (κ2) is 10.7. The molecule has 0 aliphatic carbocycles. The molecular weight excluding hydrogens is 266 g/mol. The topological polar surface area (TPSA) is 3.24 Å². The predicted octanol–water partition coefficient (Wildman–Crippen LogP) is 6.35. The third-order valence-electron chi connectivity index (χ3n) is 2.88. The zero-order chi connectivity index (χ0) is 17.1. The van der Waals surface area contributed by atoms with E-state index in [1.54, 1.807) is 12.2 Å². The van der Waals surface area contributed by atoms with Gasteiger partial charge in [0, 0.05) is 24.2 Å². The van der Waals surface area contributed by atoms with Gasteiger partial charge >= 0.3 is 0 Å². The molecule has 0 atom stereocenters. The van der Waals surface area contributed by atoms with E-state index < -0.39 is 0 Å². The second-order valence-electron chi connectivity index (χ2n) is 5.29. The summed E-state index contributed by atoms with van der Waals surface area (Å²) in [4.78, 5) is 2.36. The Labute approximate surface area is 137 Å². The van der Waals surface area contributed by atoms with Gasteiger partial charge in [-0.1, -0.05) is 63.8 Å². The molecule has 0 radical (unpaired) electrons. The molecule has 0 bridgehead atoms. The first-order valence-electron chi connectivity index (χ1n) is 7.90. The first kappa shape index (κ1) is 20.0. The van der Waals surface area contributed by atoms with Crippen LogP contribution in [0.5, 0.6) is 0 Å². The van der Waals surface area contributed by atoms with E-state index in [-0.39, 0.29) is 0 Å². The molecular formula is C21H31N. The lowest BCUT2D eigenvalue weighted by atomic mass is 10.0. The van der Waals surface area contributed by atoms with Crippen molar-refractivity contribution < 1.29 is 0 Å². The average Bonchev–Trinajstić information content (AvgIpc) is 2.94. The molecule has 0 amide bonds. The molecule has 22 heavy (non-hydrogen) atoms. The monoisotopic (exact) mass is 297 g/mol. The van der Waals surface area contributed by atoms with E-state index in [1.165, 1.54) is 34.4 Å². The fourth-order valence-corrected chi connectivity index (χ4v) is 2.30.